The molecule has 1 aliphatic heterocycles. The number of rotatable bonds is 7. The Morgan fingerprint density at radius 3 is 2.59 bits per heavy atom. The summed E-state index contributed by atoms with van der Waals surface area (Å²) in [6.45, 7) is 7.03. The van der Waals surface area contributed by atoms with Gasteiger partial charge in [0.05, 0.1) is 32.0 Å². The van der Waals surface area contributed by atoms with E-state index in [9.17, 15) is 13.2 Å². The molecule has 1 aromatic rings. The highest BCUT2D eigenvalue weighted by molar-refractivity contribution is 5.73. The second kappa shape index (κ2) is 11.5. The summed E-state index contributed by atoms with van der Waals surface area (Å²) >= 11 is 0. The molecule has 0 radical (unpaired) electrons. The van der Waals surface area contributed by atoms with Gasteiger partial charge in [0.15, 0.2) is 0 Å². The van der Waals surface area contributed by atoms with Crippen molar-refractivity contribution in [2.24, 2.45) is 0 Å². The van der Waals surface area contributed by atoms with E-state index >= 15 is 0 Å². The number of carboxylic acid groups (broad SMARTS) is 1. The highest BCUT2D eigenvalue weighted by Gasteiger charge is 2.42. The topological polar surface area (TPSA) is 68.2 Å². The smallest absolute Gasteiger partial charge is 0.475 e. The van der Waals surface area contributed by atoms with E-state index in [0.29, 0.717) is 18.8 Å². The third-order valence-corrected chi connectivity index (χ3v) is 4.91. The quantitative estimate of drug-likeness (QED) is 0.685. The van der Waals surface area contributed by atoms with E-state index in [2.05, 4.69) is 36.1 Å². The van der Waals surface area contributed by atoms with Gasteiger partial charge in [-0.2, -0.15) is 13.2 Å². The second-order valence-electron chi connectivity index (χ2n) is 6.85. The predicted octanol–water partition coefficient (Wildman–Crippen LogP) is 3.10. The summed E-state index contributed by atoms with van der Waals surface area (Å²) in [5.74, 6) is -2.76. The molecule has 2 fully saturated rings. The van der Waals surface area contributed by atoms with Crippen LogP contribution in [0.4, 0.5) is 13.2 Å². The SMILES string of the molecule is CCOC1C2CCC1N(CCOCc1ccccc1)CCO2.O=C(O)C(F)(F)F. The Kier molecular flexibility index (Phi) is 9.35. The van der Waals surface area contributed by atoms with Gasteiger partial charge in [-0.3, -0.25) is 4.90 Å². The number of nitrogens with zero attached hydrogens (tertiary/aromatic N) is 1. The average molecular weight is 419 g/mol. The van der Waals surface area contributed by atoms with Gasteiger partial charge in [0.1, 0.15) is 0 Å². The van der Waals surface area contributed by atoms with Crippen molar-refractivity contribution in [2.75, 3.05) is 32.9 Å². The van der Waals surface area contributed by atoms with Crippen LogP contribution in [-0.4, -0.2) is 73.3 Å². The van der Waals surface area contributed by atoms with Gasteiger partial charge in [-0.1, -0.05) is 30.3 Å². The molecule has 0 amide bonds. The van der Waals surface area contributed by atoms with Gasteiger partial charge in [0, 0.05) is 25.7 Å². The Balaban J connectivity index is 0.000000370. The van der Waals surface area contributed by atoms with Crippen LogP contribution in [0.2, 0.25) is 0 Å². The monoisotopic (exact) mass is 419 g/mol. The first-order valence-electron chi connectivity index (χ1n) is 9.72. The summed E-state index contributed by atoms with van der Waals surface area (Å²) in [6.07, 6.45) is -2.26. The van der Waals surface area contributed by atoms with E-state index in [1.165, 1.54) is 12.0 Å². The largest absolute Gasteiger partial charge is 0.490 e. The van der Waals surface area contributed by atoms with Crippen LogP contribution in [0, 0.1) is 0 Å². The second-order valence-corrected chi connectivity index (χ2v) is 6.85. The lowest BCUT2D eigenvalue weighted by atomic mass is 10.1. The van der Waals surface area contributed by atoms with Crippen LogP contribution in [0.5, 0.6) is 0 Å². The first-order valence-corrected chi connectivity index (χ1v) is 9.72. The normalized spacial score (nSPS) is 24.5. The van der Waals surface area contributed by atoms with Crippen molar-refractivity contribution in [3.63, 3.8) is 0 Å². The van der Waals surface area contributed by atoms with Crippen molar-refractivity contribution in [1.29, 1.82) is 0 Å². The molecule has 2 bridgehead atoms. The Labute approximate surface area is 168 Å². The van der Waals surface area contributed by atoms with Gasteiger partial charge in [-0.15, -0.1) is 0 Å². The minimum absolute atomic E-state index is 0.238. The first kappa shape index (κ1) is 23.6. The molecule has 1 saturated carbocycles. The number of halogens is 3. The zero-order valence-corrected chi connectivity index (χ0v) is 16.4. The Morgan fingerprint density at radius 1 is 1.28 bits per heavy atom. The van der Waals surface area contributed by atoms with Crippen LogP contribution in [0.25, 0.3) is 0 Å². The van der Waals surface area contributed by atoms with E-state index in [-0.39, 0.29) is 6.10 Å². The lowest BCUT2D eigenvalue weighted by molar-refractivity contribution is -0.192. The molecule has 1 N–H and O–H groups in total. The number of aliphatic carboxylic acids is 1. The van der Waals surface area contributed by atoms with Gasteiger partial charge < -0.3 is 19.3 Å². The number of carboxylic acids is 1. The fourth-order valence-corrected chi connectivity index (χ4v) is 3.60. The summed E-state index contributed by atoms with van der Waals surface area (Å²) in [6, 6.07) is 10.8. The standard InChI is InChI=1S/C18H27NO3.C2HF3O2/c1-2-21-18-16-8-9-17(18)22-13-11-19(16)10-12-20-14-15-6-4-3-5-7-15;3-2(4,5)1(6)7/h3-7,16-18H,2,8-14H2,1H3;(H,6,7). The molecule has 164 valence electrons. The summed E-state index contributed by atoms with van der Waals surface area (Å²) in [4.78, 5) is 11.4. The summed E-state index contributed by atoms with van der Waals surface area (Å²) < 4.78 is 49.5. The lowest BCUT2D eigenvalue weighted by Gasteiger charge is -2.30. The van der Waals surface area contributed by atoms with Crippen LogP contribution in [0.15, 0.2) is 30.3 Å². The maximum atomic E-state index is 10.6. The van der Waals surface area contributed by atoms with E-state index < -0.39 is 12.1 Å². The average Bonchev–Trinajstić information content (AvgIpc) is 2.97. The van der Waals surface area contributed by atoms with E-state index in [4.69, 9.17) is 24.1 Å². The molecular formula is C20H28F3NO5. The minimum Gasteiger partial charge on any atom is -0.475 e. The van der Waals surface area contributed by atoms with Crippen LogP contribution in [0.1, 0.15) is 25.3 Å². The zero-order valence-electron chi connectivity index (χ0n) is 16.4. The molecule has 29 heavy (non-hydrogen) atoms. The van der Waals surface area contributed by atoms with Gasteiger partial charge in [-0.25, -0.2) is 4.79 Å². The molecule has 3 atom stereocenters. The van der Waals surface area contributed by atoms with Gasteiger partial charge >= 0.3 is 12.1 Å². The molecule has 9 heteroatoms. The maximum Gasteiger partial charge on any atom is 0.490 e. The molecule has 1 saturated heterocycles. The van der Waals surface area contributed by atoms with Crippen LogP contribution >= 0.6 is 0 Å². The molecule has 1 aromatic carbocycles. The van der Waals surface area contributed by atoms with Crippen molar-refractivity contribution >= 4 is 5.97 Å². The lowest BCUT2D eigenvalue weighted by Crippen LogP contribution is -2.44. The maximum absolute atomic E-state index is 10.6. The molecule has 6 nitrogen and oxygen atoms in total. The van der Waals surface area contributed by atoms with E-state index in [1.54, 1.807) is 0 Å². The van der Waals surface area contributed by atoms with Crippen molar-refractivity contribution in [3.05, 3.63) is 35.9 Å². The third kappa shape index (κ3) is 7.58. The highest BCUT2D eigenvalue weighted by Crippen LogP contribution is 2.31. The zero-order chi connectivity index (χ0) is 21.3. The van der Waals surface area contributed by atoms with E-state index in [1.807, 2.05) is 6.07 Å². The molecule has 0 aromatic heterocycles. The number of alkyl halides is 3. The minimum atomic E-state index is -5.08. The molecule has 1 heterocycles. The van der Waals surface area contributed by atoms with Crippen molar-refractivity contribution in [3.8, 4) is 0 Å². The Morgan fingerprint density at radius 2 is 1.97 bits per heavy atom. The fourth-order valence-electron chi connectivity index (χ4n) is 3.60. The van der Waals surface area contributed by atoms with Crippen LogP contribution in [0.3, 0.4) is 0 Å². The Bertz CT molecular complexity index is 614. The first-order chi connectivity index (χ1) is 13.8. The van der Waals surface area contributed by atoms with Crippen LogP contribution in [-0.2, 0) is 25.6 Å². The molecule has 3 rings (SSSR count). The highest BCUT2D eigenvalue weighted by atomic mass is 19.4. The number of ether oxygens (including phenoxy) is 3. The number of hydrogen-bond donors (Lipinski definition) is 1. The molecular weight excluding hydrogens is 391 g/mol. The van der Waals surface area contributed by atoms with Gasteiger partial charge in [0.25, 0.3) is 0 Å². The summed E-state index contributed by atoms with van der Waals surface area (Å²) in [5.41, 5.74) is 1.23. The van der Waals surface area contributed by atoms with Crippen molar-refractivity contribution in [1.82, 2.24) is 4.90 Å². The van der Waals surface area contributed by atoms with E-state index in [0.717, 1.165) is 39.3 Å². The number of fused-ring (bicyclic) bond motifs is 2. The molecule has 0 spiro atoms. The van der Waals surface area contributed by atoms with Gasteiger partial charge in [0.2, 0.25) is 0 Å². The Hall–Kier alpha value is -1.68. The third-order valence-electron chi connectivity index (χ3n) is 4.91. The van der Waals surface area contributed by atoms with Crippen LogP contribution < -0.4 is 0 Å². The summed E-state index contributed by atoms with van der Waals surface area (Å²) in [5, 5.41) is 7.12. The summed E-state index contributed by atoms with van der Waals surface area (Å²) in [7, 11) is 0. The molecule has 1 aliphatic carbocycles. The fraction of sp³-hybridized carbons (Fsp3) is 0.650. The number of benzene rings is 1. The molecule has 2 aliphatic rings. The molecule has 3 unspecified atom stereocenters. The van der Waals surface area contributed by atoms with Crippen molar-refractivity contribution < 1.29 is 37.3 Å². The predicted molar refractivity (Wildman–Crippen MR) is 99.5 cm³/mol. The number of carbonyl (C=O) groups is 1. The van der Waals surface area contributed by atoms with Crippen molar-refractivity contribution in [2.45, 2.75) is 50.8 Å². The van der Waals surface area contributed by atoms with Gasteiger partial charge in [-0.05, 0) is 25.3 Å². The number of hydrogen-bond acceptors (Lipinski definition) is 5.